The Bertz CT molecular complexity index is 924. The summed E-state index contributed by atoms with van der Waals surface area (Å²) < 4.78 is 1.63. The monoisotopic (exact) mass is 366 g/mol. The number of pyridine rings is 1. The van der Waals surface area contributed by atoms with E-state index in [0.29, 0.717) is 16.0 Å². The van der Waals surface area contributed by atoms with Crippen LogP contribution in [0.5, 0.6) is 0 Å². The zero-order valence-corrected chi connectivity index (χ0v) is 14.5. The molecular formula is C19H16N3O3S+. The van der Waals surface area contributed by atoms with Gasteiger partial charge in [0.1, 0.15) is 5.56 Å². The molecule has 0 aliphatic carbocycles. The summed E-state index contributed by atoms with van der Waals surface area (Å²) in [6, 6.07) is 15.4. The molecule has 6 nitrogen and oxygen atoms in total. The highest BCUT2D eigenvalue weighted by Gasteiger charge is 2.16. The van der Waals surface area contributed by atoms with Gasteiger partial charge in [-0.15, -0.1) is 11.3 Å². The number of benzene rings is 1. The second kappa shape index (κ2) is 8.17. The first-order valence-corrected chi connectivity index (χ1v) is 8.73. The van der Waals surface area contributed by atoms with Crippen molar-refractivity contribution in [2.24, 2.45) is 0 Å². The number of hydrogen-bond acceptors (Lipinski definition) is 4. The van der Waals surface area contributed by atoms with Crippen molar-refractivity contribution in [3.8, 4) is 0 Å². The summed E-state index contributed by atoms with van der Waals surface area (Å²) in [5.74, 6) is -0.900. The Hall–Kier alpha value is -3.32. The zero-order valence-electron chi connectivity index (χ0n) is 13.7. The van der Waals surface area contributed by atoms with Gasteiger partial charge in [-0.1, -0.05) is 24.3 Å². The first kappa shape index (κ1) is 17.5. The number of aromatic nitrogens is 1. The Morgan fingerprint density at radius 3 is 2.23 bits per heavy atom. The van der Waals surface area contributed by atoms with Gasteiger partial charge in [-0.25, -0.2) is 0 Å². The molecule has 2 amide bonds. The number of Topliss-reactive ketones (excluding diaryl/α,β-unsaturated/α-hetero) is 1. The van der Waals surface area contributed by atoms with E-state index in [2.05, 4.69) is 10.9 Å². The van der Waals surface area contributed by atoms with Gasteiger partial charge in [-0.05, 0) is 29.6 Å². The predicted molar refractivity (Wildman–Crippen MR) is 96.7 cm³/mol. The van der Waals surface area contributed by atoms with Gasteiger partial charge >= 0.3 is 0 Å². The number of hydrogen-bond donors (Lipinski definition) is 2. The van der Waals surface area contributed by atoms with Crippen molar-refractivity contribution in [2.75, 3.05) is 0 Å². The Morgan fingerprint density at radius 2 is 1.54 bits per heavy atom. The number of rotatable bonds is 5. The van der Waals surface area contributed by atoms with Crippen molar-refractivity contribution in [1.82, 2.24) is 10.9 Å². The third kappa shape index (κ3) is 4.40. The molecule has 2 aromatic heterocycles. The number of amides is 2. The van der Waals surface area contributed by atoms with Gasteiger partial charge in [-0.3, -0.25) is 25.2 Å². The van der Waals surface area contributed by atoms with E-state index in [-0.39, 0.29) is 12.3 Å². The van der Waals surface area contributed by atoms with Crippen LogP contribution in [0.15, 0.2) is 72.4 Å². The molecule has 0 saturated carbocycles. The zero-order chi connectivity index (χ0) is 18.4. The maximum Gasteiger partial charge on any atom is 0.275 e. The predicted octanol–water partition coefficient (Wildman–Crippen LogP) is 1.99. The van der Waals surface area contributed by atoms with Crippen LogP contribution in [-0.4, -0.2) is 17.6 Å². The molecule has 0 saturated heterocycles. The van der Waals surface area contributed by atoms with Crippen LogP contribution in [0.3, 0.4) is 0 Å². The van der Waals surface area contributed by atoms with Gasteiger partial charge in [-0.2, -0.15) is 4.57 Å². The van der Waals surface area contributed by atoms with Crippen molar-refractivity contribution >= 4 is 28.9 Å². The lowest BCUT2D eigenvalue weighted by Gasteiger charge is -2.06. The van der Waals surface area contributed by atoms with Crippen molar-refractivity contribution in [2.45, 2.75) is 6.54 Å². The fraction of sp³-hybridized carbons (Fsp3) is 0.0526. The summed E-state index contributed by atoms with van der Waals surface area (Å²) in [5, 5.41) is 1.84. The molecule has 2 heterocycles. The maximum absolute atomic E-state index is 12.2. The van der Waals surface area contributed by atoms with Crippen molar-refractivity contribution in [3.05, 3.63) is 88.4 Å². The van der Waals surface area contributed by atoms with Crippen LogP contribution >= 0.6 is 11.3 Å². The van der Waals surface area contributed by atoms with Gasteiger partial charge in [0.2, 0.25) is 12.3 Å². The van der Waals surface area contributed by atoms with Crippen molar-refractivity contribution in [3.63, 3.8) is 0 Å². The number of nitrogens with zero attached hydrogens (tertiary/aromatic N) is 1. The lowest BCUT2D eigenvalue weighted by atomic mass is 10.2. The standard InChI is InChI=1S/C19H15N3O3S/c23-16(17-9-5-11-26-17)13-22-10-4-8-15(12-22)19(25)21-20-18(24)14-6-2-1-3-7-14/h1-12H,13H2,(H-,20,21,24,25)/p+1. The molecule has 0 fully saturated rings. The molecule has 0 radical (unpaired) electrons. The fourth-order valence-corrected chi connectivity index (χ4v) is 2.94. The first-order chi connectivity index (χ1) is 12.6. The Morgan fingerprint density at radius 1 is 0.846 bits per heavy atom. The van der Waals surface area contributed by atoms with Crippen molar-refractivity contribution in [1.29, 1.82) is 0 Å². The summed E-state index contributed by atoms with van der Waals surface area (Å²) in [7, 11) is 0. The van der Waals surface area contributed by atoms with Crippen LogP contribution in [0.4, 0.5) is 0 Å². The van der Waals surface area contributed by atoms with Crippen LogP contribution in [0.1, 0.15) is 30.4 Å². The van der Waals surface area contributed by atoms with E-state index in [4.69, 9.17) is 0 Å². The molecule has 1 aromatic carbocycles. The summed E-state index contributed by atoms with van der Waals surface area (Å²) in [4.78, 5) is 37.0. The van der Waals surface area contributed by atoms with Crippen LogP contribution in [0.25, 0.3) is 0 Å². The highest BCUT2D eigenvalue weighted by molar-refractivity contribution is 7.12. The lowest BCUT2D eigenvalue weighted by molar-refractivity contribution is -0.683. The molecule has 0 aliphatic rings. The maximum atomic E-state index is 12.2. The number of carbonyl (C=O) groups is 3. The highest BCUT2D eigenvalue weighted by atomic mass is 32.1. The van der Waals surface area contributed by atoms with Crippen molar-refractivity contribution < 1.29 is 19.0 Å². The lowest BCUT2D eigenvalue weighted by Crippen LogP contribution is -2.43. The van der Waals surface area contributed by atoms with E-state index >= 15 is 0 Å². The Kier molecular flexibility index (Phi) is 5.50. The summed E-state index contributed by atoms with van der Waals surface area (Å²) in [5.41, 5.74) is 5.51. The molecule has 0 spiro atoms. The average Bonchev–Trinajstić information content (AvgIpc) is 3.22. The largest absolute Gasteiger partial charge is 0.286 e. The quantitative estimate of drug-likeness (QED) is 0.412. The first-order valence-electron chi connectivity index (χ1n) is 7.85. The molecule has 0 aliphatic heterocycles. The normalized spacial score (nSPS) is 10.2. The highest BCUT2D eigenvalue weighted by Crippen LogP contribution is 2.09. The third-order valence-electron chi connectivity index (χ3n) is 3.57. The molecule has 26 heavy (non-hydrogen) atoms. The van der Waals surface area contributed by atoms with E-state index in [0.717, 1.165) is 0 Å². The number of carbonyl (C=O) groups excluding carboxylic acids is 3. The number of nitrogens with one attached hydrogen (secondary N) is 2. The smallest absolute Gasteiger partial charge is 0.275 e. The van der Waals surface area contributed by atoms with Crippen LogP contribution < -0.4 is 15.4 Å². The van der Waals surface area contributed by atoms with Crippen LogP contribution in [-0.2, 0) is 6.54 Å². The van der Waals surface area contributed by atoms with E-state index in [1.54, 1.807) is 65.5 Å². The molecular weight excluding hydrogens is 350 g/mol. The van der Waals surface area contributed by atoms with Gasteiger partial charge in [0.25, 0.3) is 11.8 Å². The molecule has 2 N–H and O–H groups in total. The van der Waals surface area contributed by atoms with E-state index < -0.39 is 11.8 Å². The summed E-state index contributed by atoms with van der Waals surface area (Å²) >= 11 is 1.38. The minimum atomic E-state index is -0.466. The number of ketones is 1. The average molecular weight is 366 g/mol. The number of thiophene rings is 1. The number of hydrazine groups is 1. The van der Waals surface area contributed by atoms with Crippen LogP contribution in [0.2, 0.25) is 0 Å². The molecule has 0 bridgehead atoms. The minimum absolute atomic E-state index is 0.0278. The minimum Gasteiger partial charge on any atom is -0.286 e. The van der Waals surface area contributed by atoms with E-state index in [1.165, 1.54) is 11.3 Å². The Balaban J connectivity index is 1.61. The SMILES string of the molecule is O=C(NNC(=O)c1ccc[n+](CC(=O)c2cccs2)c1)c1ccccc1. The third-order valence-corrected chi connectivity index (χ3v) is 4.48. The molecule has 130 valence electrons. The molecule has 0 atom stereocenters. The molecule has 3 rings (SSSR count). The van der Waals surface area contributed by atoms with E-state index in [9.17, 15) is 14.4 Å². The molecule has 7 heteroatoms. The van der Waals surface area contributed by atoms with Crippen LogP contribution in [0, 0.1) is 0 Å². The van der Waals surface area contributed by atoms with E-state index in [1.807, 2.05) is 11.4 Å². The summed E-state index contributed by atoms with van der Waals surface area (Å²) in [6.45, 7) is 0.137. The van der Waals surface area contributed by atoms with Gasteiger partial charge < -0.3 is 0 Å². The fourth-order valence-electron chi connectivity index (χ4n) is 2.28. The van der Waals surface area contributed by atoms with Gasteiger partial charge in [0.15, 0.2) is 12.4 Å². The molecule has 0 unspecified atom stereocenters. The summed E-state index contributed by atoms with van der Waals surface area (Å²) in [6.07, 6.45) is 3.28. The second-order valence-electron chi connectivity index (χ2n) is 5.44. The Labute approximate surface area is 154 Å². The topological polar surface area (TPSA) is 79.2 Å². The molecule has 3 aromatic rings. The van der Waals surface area contributed by atoms with Gasteiger partial charge in [0.05, 0.1) is 4.88 Å². The van der Waals surface area contributed by atoms with Gasteiger partial charge in [0, 0.05) is 11.6 Å². The second-order valence-corrected chi connectivity index (χ2v) is 6.39.